The lowest BCUT2D eigenvalue weighted by Crippen LogP contribution is -2.16. The summed E-state index contributed by atoms with van der Waals surface area (Å²) in [6.45, 7) is -2.97. The summed E-state index contributed by atoms with van der Waals surface area (Å²) < 4.78 is 67.8. The molecule has 0 bridgehead atoms. The largest absolute Gasteiger partial charge is 0.573 e. The van der Waals surface area contributed by atoms with E-state index in [0.717, 1.165) is 12.1 Å². The molecule has 2 rings (SSSR count). The molecule has 0 N–H and O–H groups in total. The minimum Gasteiger partial charge on any atom is -0.417 e. The summed E-state index contributed by atoms with van der Waals surface area (Å²) in [7, 11) is 0. The Morgan fingerprint density at radius 1 is 0.905 bits per heavy atom. The van der Waals surface area contributed by atoms with Crippen LogP contribution < -0.4 is 9.47 Å². The molecule has 0 atom stereocenters. The molecule has 0 aliphatic carbocycles. The molecule has 0 amide bonds. The molecule has 3 nitrogen and oxygen atoms in total. The molecule has 2 aromatic rings. The van der Waals surface area contributed by atoms with Crippen molar-refractivity contribution in [3.05, 3.63) is 42.6 Å². The highest BCUT2D eigenvalue weighted by Crippen LogP contribution is 2.26. The number of rotatable bonds is 4. The predicted molar refractivity (Wildman–Crippen MR) is 63.0 cm³/mol. The number of halogens is 5. The van der Waals surface area contributed by atoms with Gasteiger partial charge in [-0.05, 0) is 23.8 Å². The van der Waals surface area contributed by atoms with Gasteiger partial charge in [-0.2, -0.15) is 8.78 Å². The van der Waals surface area contributed by atoms with Gasteiger partial charge in [-0.25, -0.2) is 4.98 Å². The first-order chi connectivity index (χ1) is 9.83. The van der Waals surface area contributed by atoms with Crippen molar-refractivity contribution in [3.63, 3.8) is 0 Å². The van der Waals surface area contributed by atoms with Crippen LogP contribution in [-0.4, -0.2) is 18.0 Å². The number of hydrogen-bond acceptors (Lipinski definition) is 3. The number of ether oxygens (including phenoxy) is 2. The second-order valence-electron chi connectivity index (χ2n) is 3.84. The van der Waals surface area contributed by atoms with Crippen molar-refractivity contribution in [2.24, 2.45) is 0 Å². The lowest BCUT2D eigenvalue weighted by Gasteiger charge is -2.09. The van der Waals surface area contributed by atoms with Crippen LogP contribution >= 0.6 is 0 Å². The fourth-order valence-corrected chi connectivity index (χ4v) is 1.56. The Kier molecular flexibility index (Phi) is 4.25. The lowest BCUT2D eigenvalue weighted by atomic mass is 10.1. The zero-order chi connectivity index (χ0) is 15.5. The maximum Gasteiger partial charge on any atom is 0.573 e. The molecule has 1 heterocycles. The van der Waals surface area contributed by atoms with Crippen LogP contribution in [0.1, 0.15) is 0 Å². The molecule has 0 aliphatic rings. The Labute approximate surface area is 115 Å². The van der Waals surface area contributed by atoms with Crippen LogP contribution in [0.2, 0.25) is 0 Å². The first-order valence-corrected chi connectivity index (χ1v) is 5.60. The summed E-state index contributed by atoms with van der Waals surface area (Å²) in [6.07, 6.45) is -3.48. The van der Waals surface area contributed by atoms with Gasteiger partial charge in [0.25, 0.3) is 0 Å². The minimum absolute atomic E-state index is 0.245. The van der Waals surface area contributed by atoms with Crippen LogP contribution in [0.5, 0.6) is 11.6 Å². The third-order valence-electron chi connectivity index (χ3n) is 2.37. The van der Waals surface area contributed by atoms with Crippen LogP contribution in [0.4, 0.5) is 22.0 Å². The van der Waals surface area contributed by atoms with Gasteiger partial charge in [0.1, 0.15) is 5.75 Å². The Morgan fingerprint density at radius 2 is 1.52 bits per heavy atom. The predicted octanol–water partition coefficient (Wildman–Crippen LogP) is 4.25. The molecule has 21 heavy (non-hydrogen) atoms. The Morgan fingerprint density at radius 3 is 2.00 bits per heavy atom. The van der Waals surface area contributed by atoms with Gasteiger partial charge in [0.15, 0.2) is 0 Å². The van der Waals surface area contributed by atoms with Crippen molar-refractivity contribution in [1.82, 2.24) is 4.98 Å². The summed E-state index contributed by atoms with van der Waals surface area (Å²) in [5, 5.41) is 0. The highest BCUT2D eigenvalue weighted by Gasteiger charge is 2.30. The van der Waals surface area contributed by atoms with Crippen molar-refractivity contribution in [1.29, 1.82) is 0 Å². The van der Waals surface area contributed by atoms with E-state index in [4.69, 9.17) is 0 Å². The first-order valence-electron chi connectivity index (χ1n) is 5.60. The average molecular weight is 305 g/mol. The standard InChI is InChI=1S/C13H8F5NO2/c14-12(15)20-11-6-3-9(7-19-11)8-1-4-10(5-2-8)21-13(16,17)18/h1-7,12H. The fraction of sp³-hybridized carbons (Fsp3) is 0.154. The average Bonchev–Trinajstić information content (AvgIpc) is 2.38. The zero-order valence-corrected chi connectivity index (χ0v) is 10.3. The number of nitrogens with zero attached hydrogens (tertiary/aromatic N) is 1. The summed E-state index contributed by atoms with van der Waals surface area (Å²) in [6, 6.07) is 7.78. The summed E-state index contributed by atoms with van der Waals surface area (Å²) >= 11 is 0. The fourth-order valence-electron chi connectivity index (χ4n) is 1.56. The van der Waals surface area contributed by atoms with Gasteiger partial charge >= 0.3 is 13.0 Å². The molecule has 0 unspecified atom stereocenters. The smallest absolute Gasteiger partial charge is 0.417 e. The van der Waals surface area contributed by atoms with Crippen molar-refractivity contribution in [3.8, 4) is 22.8 Å². The number of pyridine rings is 1. The molecule has 0 saturated carbocycles. The van der Waals surface area contributed by atoms with Gasteiger partial charge in [-0.3, -0.25) is 0 Å². The molecule has 0 spiro atoms. The second-order valence-corrected chi connectivity index (χ2v) is 3.84. The number of benzene rings is 1. The summed E-state index contributed by atoms with van der Waals surface area (Å²) in [5.74, 6) is -0.595. The maximum atomic E-state index is 12.0. The summed E-state index contributed by atoms with van der Waals surface area (Å²) in [5.41, 5.74) is 1.09. The number of hydrogen-bond donors (Lipinski definition) is 0. The topological polar surface area (TPSA) is 31.4 Å². The van der Waals surface area contributed by atoms with Crippen LogP contribution in [0.25, 0.3) is 11.1 Å². The molecule has 0 saturated heterocycles. The van der Waals surface area contributed by atoms with Crippen LogP contribution in [-0.2, 0) is 0 Å². The molecule has 1 aromatic heterocycles. The highest BCUT2D eigenvalue weighted by atomic mass is 19.4. The highest BCUT2D eigenvalue weighted by molar-refractivity contribution is 5.63. The quantitative estimate of drug-likeness (QED) is 0.791. The van der Waals surface area contributed by atoms with Gasteiger partial charge < -0.3 is 9.47 Å². The van der Waals surface area contributed by atoms with Gasteiger partial charge in [-0.15, -0.1) is 13.2 Å². The van der Waals surface area contributed by atoms with Crippen molar-refractivity contribution >= 4 is 0 Å². The van der Waals surface area contributed by atoms with E-state index in [1.807, 2.05) is 0 Å². The first kappa shape index (κ1) is 15.0. The molecule has 8 heteroatoms. The SMILES string of the molecule is FC(F)Oc1ccc(-c2ccc(OC(F)(F)F)cc2)cn1. The zero-order valence-electron chi connectivity index (χ0n) is 10.3. The van der Waals surface area contributed by atoms with E-state index in [1.165, 1.54) is 30.5 Å². The van der Waals surface area contributed by atoms with E-state index in [2.05, 4.69) is 14.5 Å². The second kappa shape index (κ2) is 5.94. The monoisotopic (exact) mass is 305 g/mol. The Hall–Kier alpha value is -2.38. The van der Waals surface area contributed by atoms with Crippen LogP contribution in [0.15, 0.2) is 42.6 Å². The van der Waals surface area contributed by atoms with Crippen molar-refractivity contribution < 1.29 is 31.4 Å². The molecule has 112 valence electrons. The number of alkyl halides is 5. The summed E-state index contributed by atoms with van der Waals surface area (Å²) in [4.78, 5) is 3.66. The third-order valence-corrected chi connectivity index (χ3v) is 2.37. The van der Waals surface area contributed by atoms with E-state index >= 15 is 0 Å². The van der Waals surface area contributed by atoms with Crippen molar-refractivity contribution in [2.45, 2.75) is 13.0 Å². The van der Waals surface area contributed by atoms with E-state index < -0.39 is 13.0 Å². The van der Waals surface area contributed by atoms with Crippen LogP contribution in [0.3, 0.4) is 0 Å². The van der Waals surface area contributed by atoms with Gasteiger partial charge in [0.05, 0.1) is 0 Å². The molecule has 1 aromatic carbocycles. The Bertz CT molecular complexity index is 581. The molecule has 0 radical (unpaired) electrons. The minimum atomic E-state index is -4.75. The third kappa shape index (κ3) is 4.59. The lowest BCUT2D eigenvalue weighted by molar-refractivity contribution is -0.274. The molecular weight excluding hydrogens is 297 g/mol. The maximum absolute atomic E-state index is 12.0. The van der Waals surface area contributed by atoms with Crippen LogP contribution in [0, 0.1) is 0 Å². The number of aromatic nitrogens is 1. The molecule has 0 fully saturated rings. The van der Waals surface area contributed by atoms with E-state index in [9.17, 15) is 22.0 Å². The van der Waals surface area contributed by atoms with Gasteiger partial charge in [-0.1, -0.05) is 12.1 Å². The molecule has 0 aliphatic heterocycles. The van der Waals surface area contributed by atoms with E-state index in [0.29, 0.717) is 11.1 Å². The van der Waals surface area contributed by atoms with E-state index in [1.54, 1.807) is 0 Å². The van der Waals surface area contributed by atoms with Gasteiger partial charge in [0, 0.05) is 17.8 Å². The van der Waals surface area contributed by atoms with Gasteiger partial charge in [0.2, 0.25) is 5.88 Å². The van der Waals surface area contributed by atoms with Crippen molar-refractivity contribution in [2.75, 3.05) is 0 Å². The van der Waals surface area contributed by atoms with E-state index in [-0.39, 0.29) is 11.6 Å². The normalized spacial score (nSPS) is 11.5. The Balaban J connectivity index is 2.11. The molecular formula is C13H8F5NO2.